The SMILES string of the molecule is COc1cc(OC)cc(C(=O)NC2CCCC(c3nc4ccccc4[nH]3)C2)c1.Cl. The molecule has 2 unspecified atom stereocenters. The fourth-order valence-corrected chi connectivity index (χ4v) is 3.94. The number of carbonyl (C=O) groups is 1. The number of amides is 1. The first kappa shape index (κ1) is 21.0. The molecule has 1 fully saturated rings. The van der Waals surface area contributed by atoms with Crippen LogP contribution in [-0.2, 0) is 0 Å². The number of methoxy groups -OCH3 is 2. The summed E-state index contributed by atoms with van der Waals surface area (Å²) in [5.41, 5.74) is 2.60. The molecule has 0 saturated heterocycles. The Bertz CT molecular complexity index is 933. The number of halogens is 1. The number of nitrogens with one attached hydrogen (secondary N) is 2. The Kier molecular flexibility index (Phi) is 6.64. The van der Waals surface area contributed by atoms with Crippen molar-refractivity contribution >= 4 is 29.3 Å². The van der Waals surface area contributed by atoms with E-state index in [0.717, 1.165) is 42.5 Å². The van der Waals surface area contributed by atoms with Gasteiger partial charge in [0.25, 0.3) is 5.91 Å². The number of carbonyl (C=O) groups excluding carboxylic acids is 1. The van der Waals surface area contributed by atoms with Gasteiger partial charge in [0, 0.05) is 23.6 Å². The minimum atomic E-state index is -0.104. The van der Waals surface area contributed by atoms with Gasteiger partial charge in [-0.25, -0.2) is 4.98 Å². The molecule has 0 bridgehead atoms. The van der Waals surface area contributed by atoms with E-state index >= 15 is 0 Å². The number of hydrogen-bond donors (Lipinski definition) is 2. The third-order valence-electron chi connectivity index (χ3n) is 5.42. The molecule has 2 atom stereocenters. The van der Waals surface area contributed by atoms with Crippen LogP contribution in [0.5, 0.6) is 11.5 Å². The molecule has 2 N–H and O–H groups in total. The minimum Gasteiger partial charge on any atom is -0.497 e. The van der Waals surface area contributed by atoms with Gasteiger partial charge < -0.3 is 19.8 Å². The lowest BCUT2D eigenvalue weighted by atomic mass is 9.85. The van der Waals surface area contributed by atoms with Crippen LogP contribution in [0.3, 0.4) is 0 Å². The summed E-state index contributed by atoms with van der Waals surface area (Å²) in [7, 11) is 3.16. The van der Waals surface area contributed by atoms with E-state index in [0.29, 0.717) is 23.0 Å². The molecule has 29 heavy (non-hydrogen) atoms. The van der Waals surface area contributed by atoms with Gasteiger partial charge in [-0.05, 0) is 43.5 Å². The van der Waals surface area contributed by atoms with E-state index in [1.807, 2.05) is 24.3 Å². The van der Waals surface area contributed by atoms with Crippen molar-refractivity contribution in [1.82, 2.24) is 15.3 Å². The molecule has 1 aliphatic carbocycles. The van der Waals surface area contributed by atoms with Gasteiger partial charge in [0.05, 0.1) is 25.3 Å². The summed E-state index contributed by atoms with van der Waals surface area (Å²) in [4.78, 5) is 21.0. The van der Waals surface area contributed by atoms with Crippen LogP contribution in [0.2, 0.25) is 0 Å². The lowest BCUT2D eigenvalue weighted by molar-refractivity contribution is 0.0924. The Morgan fingerprint density at radius 3 is 2.52 bits per heavy atom. The molecule has 1 amide bonds. The topological polar surface area (TPSA) is 76.2 Å². The summed E-state index contributed by atoms with van der Waals surface area (Å²) in [6, 6.07) is 13.4. The zero-order chi connectivity index (χ0) is 19.5. The number of aromatic amines is 1. The van der Waals surface area contributed by atoms with Crippen LogP contribution >= 0.6 is 12.4 Å². The lowest BCUT2D eigenvalue weighted by Gasteiger charge is -2.28. The Hall–Kier alpha value is -2.73. The van der Waals surface area contributed by atoms with Crippen molar-refractivity contribution in [3.8, 4) is 11.5 Å². The molecular formula is C22H26ClN3O3. The van der Waals surface area contributed by atoms with Gasteiger partial charge in [-0.1, -0.05) is 18.6 Å². The first-order chi connectivity index (χ1) is 13.7. The van der Waals surface area contributed by atoms with Crippen molar-refractivity contribution in [2.75, 3.05) is 14.2 Å². The number of rotatable bonds is 5. The summed E-state index contributed by atoms with van der Waals surface area (Å²) in [6.45, 7) is 0. The van der Waals surface area contributed by atoms with E-state index < -0.39 is 0 Å². The molecule has 1 aromatic heterocycles. The number of imidazole rings is 1. The Morgan fingerprint density at radius 1 is 1.10 bits per heavy atom. The van der Waals surface area contributed by atoms with E-state index in [2.05, 4.69) is 10.3 Å². The maximum absolute atomic E-state index is 12.8. The third kappa shape index (κ3) is 4.65. The van der Waals surface area contributed by atoms with Gasteiger partial charge in [-0.2, -0.15) is 0 Å². The quantitative estimate of drug-likeness (QED) is 0.645. The highest BCUT2D eigenvalue weighted by Gasteiger charge is 2.27. The average Bonchev–Trinajstić information content (AvgIpc) is 3.18. The Balaban J connectivity index is 0.00000240. The Morgan fingerprint density at radius 2 is 1.83 bits per heavy atom. The highest BCUT2D eigenvalue weighted by molar-refractivity contribution is 5.95. The molecule has 1 heterocycles. The van der Waals surface area contributed by atoms with Crippen molar-refractivity contribution in [3.05, 3.63) is 53.9 Å². The van der Waals surface area contributed by atoms with Gasteiger partial charge in [0.2, 0.25) is 0 Å². The van der Waals surface area contributed by atoms with Crippen molar-refractivity contribution in [2.24, 2.45) is 0 Å². The Labute approximate surface area is 176 Å². The van der Waals surface area contributed by atoms with Crippen LogP contribution in [0.15, 0.2) is 42.5 Å². The summed E-state index contributed by atoms with van der Waals surface area (Å²) in [6.07, 6.45) is 4.00. The predicted molar refractivity (Wildman–Crippen MR) is 115 cm³/mol. The standard InChI is InChI=1S/C22H25N3O3.ClH/c1-27-17-11-15(12-18(13-17)28-2)22(26)23-16-7-5-6-14(10-16)21-24-19-8-3-4-9-20(19)25-21;/h3-4,8-9,11-14,16H,5-7,10H2,1-2H3,(H,23,26)(H,24,25);1H. The molecule has 0 spiro atoms. The normalized spacial score (nSPS) is 18.7. The fraction of sp³-hybridized carbons (Fsp3) is 0.364. The van der Waals surface area contributed by atoms with E-state index in [1.54, 1.807) is 32.4 Å². The monoisotopic (exact) mass is 415 g/mol. The zero-order valence-electron chi connectivity index (χ0n) is 16.6. The molecule has 0 aliphatic heterocycles. The molecule has 0 radical (unpaired) electrons. The largest absolute Gasteiger partial charge is 0.497 e. The zero-order valence-corrected chi connectivity index (χ0v) is 17.4. The van der Waals surface area contributed by atoms with Gasteiger partial charge in [0.15, 0.2) is 0 Å². The number of H-pyrrole nitrogens is 1. The van der Waals surface area contributed by atoms with Crippen LogP contribution in [0.25, 0.3) is 11.0 Å². The molecule has 2 aromatic carbocycles. The third-order valence-corrected chi connectivity index (χ3v) is 5.42. The molecule has 3 aromatic rings. The van der Waals surface area contributed by atoms with Crippen LogP contribution in [0, 0.1) is 0 Å². The molecule has 6 nitrogen and oxygen atoms in total. The average molecular weight is 416 g/mol. The highest BCUT2D eigenvalue weighted by atomic mass is 35.5. The van der Waals surface area contributed by atoms with Crippen LogP contribution in [0.1, 0.15) is 47.8 Å². The maximum Gasteiger partial charge on any atom is 0.251 e. The van der Waals surface area contributed by atoms with Crippen LogP contribution < -0.4 is 14.8 Å². The van der Waals surface area contributed by atoms with Crippen molar-refractivity contribution in [1.29, 1.82) is 0 Å². The van der Waals surface area contributed by atoms with Crippen molar-refractivity contribution in [3.63, 3.8) is 0 Å². The van der Waals surface area contributed by atoms with Gasteiger partial charge in [-0.3, -0.25) is 4.79 Å². The van der Waals surface area contributed by atoms with Gasteiger partial charge in [-0.15, -0.1) is 12.4 Å². The first-order valence-electron chi connectivity index (χ1n) is 9.65. The van der Waals surface area contributed by atoms with Gasteiger partial charge in [0.1, 0.15) is 17.3 Å². The molecule has 154 valence electrons. The van der Waals surface area contributed by atoms with E-state index in [4.69, 9.17) is 14.5 Å². The first-order valence-corrected chi connectivity index (χ1v) is 9.65. The second-order valence-electron chi connectivity index (χ2n) is 7.27. The molecule has 4 rings (SSSR count). The summed E-state index contributed by atoms with van der Waals surface area (Å²) >= 11 is 0. The number of hydrogen-bond acceptors (Lipinski definition) is 4. The second kappa shape index (κ2) is 9.18. The molecule has 1 saturated carbocycles. The maximum atomic E-state index is 12.8. The number of fused-ring (bicyclic) bond motifs is 1. The van der Waals surface area contributed by atoms with Crippen molar-refractivity contribution in [2.45, 2.75) is 37.6 Å². The van der Waals surface area contributed by atoms with E-state index in [-0.39, 0.29) is 24.4 Å². The number of benzene rings is 2. The van der Waals surface area contributed by atoms with Crippen LogP contribution in [0.4, 0.5) is 0 Å². The molecule has 1 aliphatic rings. The number of nitrogens with zero attached hydrogens (tertiary/aromatic N) is 1. The van der Waals surface area contributed by atoms with Gasteiger partial charge >= 0.3 is 0 Å². The lowest BCUT2D eigenvalue weighted by Crippen LogP contribution is -2.38. The summed E-state index contributed by atoms with van der Waals surface area (Å²) < 4.78 is 10.5. The van der Waals surface area contributed by atoms with E-state index in [9.17, 15) is 4.79 Å². The van der Waals surface area contributed by atoms with Crippen molar-refractivity contribution < 1.29 is 14.3 Å². The summed E-state index contributed by atoms with van der Waals surface area (Å²) in [5.74, 6) is 2.45. The second-order valence-corrected chi connectivity index (χ2v) is 7.27. The number of para-hydroxylation sites is 2. The fourth-order valence-electron chi connectivity index (χ4n) is 3.94. The smallest absolute Gasteiger partial charge is 0.251 e. The summed E-state index contributed by atoms with van der Waals surface area (Å²) in [5, 5.41) is 3.18. The predicted octanol–water partition coefficient (Wildman–Crippen LogP) is 4.46. The molecular weight excluding hydrogens is 390 g/mol. The number of aromatic nitrogens is 2. The highest BCUT2D eigenvalue weighted by Crippen LogP contribution is 2.32. The van der Waals surface area contributed by atoms with Crippen LogP contribution in [-0.4, -0.2) is 36.1 Å². The number of ether oxygens (including phenoxy) is 2. The minimum absolute atomic E-state index is 0. The van der Waals surface area contributed by atoms with E-state index in [1.165, 1.54) is 0 Å². The molecule has 7 heteroatoms.